The molecule has 4 rings (SSSR count). The summed E-state index contributed by atoms with van der Waals surface area (Å²) in [5.41, 5.74) is 1.74. The standard InChI is InChI=1S/C19H18N4O3S/c1-11-9-13(12(2)25-11)19-23-22-17(26-19)8-7-16(24)20-10-18-21-14-5-3-4-6-15(14)27-18/h3-6,9H,7-8,10H2,1-2H3,(H,20,24). The normalized spacial score (nSPS) is 11.2. The van der Waals surface area contributed by atoms with Crippen LogP contribution >= 0.6 is 11.3 Å². The van der Waals surface area contributed by atoms with Crippen molar-refractivity contribution in [2.45, 2.75) is 33.2 Å². The van der Waals surface area contributed by atoms with Gasteiger partial charge in [-0.15, -0.1) is 21.5 Å². The van der Waals surface area contributed by atoms with Crippen LogP contribution in [0.2, 0.25) is 0 Å². The van der Waals surface area contributed by atoms with E-state index in [1.54, 1.807) is 11.3 Å². The summed E-state index contributed by atoms with van der Waals surface area (Å²) in [6, 6.07) is 9.78. The summed E-state index contributed by atoms with van der Waals surface area (Å²) in [6.45, 7) is 4.13. The van der Waals surface area contributed by atoms with Gasteiger partial charge < -0.3 is 14.2 Å². The van der Waals surface area contributed by atoms with E-state index >= 15 is 0 Å². The van der Waals surface area contributed by atoms with Gasteiger partial charge in [0.05, 0.1) is 22.3 Å². The van der Waals surface area contributed by atoms with Gasteiger partial charge in [0.15, 0.2) is 0 Å². The van der Waals surface area contributed by atoms with Crippen LogP contribution in [0.25, 0.3) is 21.7 Å². The minimum Gasteiger partial charge on any atom is -0.466 e. The van der Waals surface area contributed by atoms with E-state index in [4.69, 9.17) is 8.83 Å². The zero-order chi connectivity index (χ0) is 18.8. The summed E-state index contributed by atoms with van der Waals surface area (Å²) in [7, 11) is 0. The smallest absolute Gasteiger partial charge is 0.251 e. The number of thiazole rings is 1. The number of carbonyl (C=O) groups excluding carboxylic acids is 1. The second-order valence-electron chi connectivity index (χ2n) is 6.18. The molecule has 7 nitrogen and oxygen atoms in total. The summed E-state index contributed by atoms with van der Waals surface area (Å²) in [4.78, 5) is 16.6. The first-order chi connectivity index (χ1) is 13.1. The molecule has 0 aliphatic rings. The maximum Gasteiger partial charge on any atom is 0.251 e. The fourth-order valence-electron chi connectivity index (χ4n) is 2.79. The Morgan fingerprint density at radius 1 is 1.19 bits per heavy atom. The zero-order valence-electron chi connectivity index (χ0n) is 15.0. The third-order valence-corrected chi connectivity index (χ3v) is 5.12. The first-order valence-electron chi connectivity index (χ1n) is 8.59. The molecule has 0 unspecified atom stereocenters. The molecule has 27 heavy (non-hydrogen) atoms. The third kappa shape index (κ3) is 3.90. The highest BCUT2D eigenvalue weighted by Crippen LogP contribution is 2.25. The number of nitrogens with zero attached hydrogens (tertiary/aromatic N) is 3. The molecule has 0 fully saturated rings. The van der Waals surface area contributed by atoms with Crippen molar-refractivity contribution in [3.63, 3.8) is 0 Å². The number of hydrogen-bond acceptors (Lipinski definition) is 7. The Bertz CT molecular complexity index is 1060. The van der Waals surface area contributed by atoms with Gasteiger partial charge in [0, 0.05) is 12.8 Å². The second kappa shape index (κ2) is 7.32. The highest BCUT2D eigenvalue weighted by Gasteiger charge is 2.15. The highest BCUT2D eigenvalue weighted by molar-refractivity contribution is 7.18. The molecule has 0 saturated carbocycles. The summed E-state index contributed by atoms with van der Waals surface area (Å²) >= 11 is 1.58. The van der Waals surface area contributed by atoms with Crippen LogP contribution in [0, 0.1) is 13.8 Å². The average Bonchev–Trinajstić information content (AvgIpc) is 3.35. The molecule has 138 valence electrons. The molecular formula is C19H18N4O3S. The molecule has 3 aromatic heterocycles. The predicted molar refractivity (Wildman–Crippen MR) is 101 cm³/mol. The van der Waals surface area contributed by atoms with Crippen LogP contribution in [0.4, 0.5) is 0 Å². The topological polar surface area (TPSA) is 94.1 Å². The van der Waals surface area contributed by atoms with Gasteiger partial charge in [0.25, 0.3) is 5.89 Å². The van der Waals surface area contributed by atoms with E-state index in [1.165, 1.54) is 0 Å². The summed E-state index contributed by atoms with van der Waals surface area (Å²) in [5, 5.41) is 11.8. The molecule has 0 aliphatic carbocycles. The number of para-hydroxylation sites is 1. The minimum absolute atomic E-state index is 0.0793. The monoisotopic (exact) mass is 382 g/mol. The number of fused-ring (bicyclic) bond motifs is 1. The van der Waals surface area contributed by atoms with Gasteiger partial charge in [-0.25, -0.2) is 4.98 Å². The molecule has 0 aliphatic heterocycles. The number of hydrogen-bond donors (Lipinski definition) is 1. The molecule has 8 heteroatoms. The largest absolute Gasteiger partial charge is 0.466 e. The van der Waals surface area contributed by atoms with Crippen LogP contribution in [0.5, 0.6) is 0 Å². The van der Waals surface area contributed by atoms with Gasteiger partial charge in [-0.1, -0.05) is 12.1 Å². The van der Waals surface area contributed by atoms with Gasteiger partial charge >= 0.3 is 0 Å². The van der Waals surface area contributed by atoms with Crippen molar-refractivity contribution in [2.75, 3.05) is 0 Å². The van der Waals surface area contributed by atoms with Crippen molar-refractivity contribution >= 4 is 27.5 Å². The van der Waals surface area contributed by atoms with Crippen molar-refractivity contribution < 1.29 is 13.6 Å². The number of benzene rings is 1. The molecule has 1 aromatic carbocycles. The van der Waals surface area contributed by atoms with Gasteiger partial charge in [-0.2, -0.15) is 0 Å². The number of aromatic nitrogens is 3. The number of nitrogens with one attached hydrogen (secondary N) is 1. The van der Waals surface area contributed by atoms with E-state index < -0.39 is 0 Å². The maximum atomic E-state index is 12.1. The summed E-state index contributed by atoms with van der Waals surface area (Å²) in [5.74, 6) is 2.28. The number of furan rings is 1. The molecule has 3 heterocycles. The Morgan fingerprint density at radius 3 is 2.81 bits per heavy atom. The van der Waals surface area contributed by atoms with E-state index in [0.717, 1.165) is 32.3 Å². The molecule has 0 atom stereocenters. The molecule has 0 saturated heterocycles. The second-order valence-corrected chi connectivity index (χ2v) is 7.30. The molecule has 0 radical (unpaired) electrons. The first-order valence-corrected chi connectivity index (χ1v) is 9.41. The van der Waals surface area contributed by atoms with Crippen LogP contribution in [0.3, 0.4) is 0 Å². The predicted octanol–water partition coefficient (Wildman–Crippen LogP) is 3.81. The van der Waals surface area contributed by atoms with Gasteiger partial charge in [0.2, 0.25) is 11.8 Å². The molecule has 4 aromatic rings. The van der Waals surface area contributed by atoms with Crippen molar-refractivity contribution in [1.82, 2.24) is 20.5 Å². The minimum atomic E-state index is -0.0793. The van der Waals surface area contributed by atoms with Gasteiger partial charge in [0.1, 0.15) is 16.5 Å². The molecule has 1 N–H and O–H groups in total. The van der Waals surface area contributed by atoms with Gasteiger partial charge in [-0.3, -0.25) is 4.79 Å². The van der Waals surface area contributed by atoms with E-state index in [-0.39, 0.29) is 12.3 Å². The van der Waals surface area contributed by atoms with Crippen LogP contribution in [-0.2, 0) is 17.8 Å². The Morgan fingerprint density at radius 2 is 2.04 bits per heavy atom. The molecule has 0 bridgehead atoms. The van der Waals surface area contributed by atoms with Crippen molar-refractivity contribution in [3.05, 3.63) is 52.8 Å². The SMILES string of the molecule is Cc1cc(-c2nnc(CCC(=O)NCc3nc4ccccc4s3)o2)c(C)o1. The number of carbonyl (C=O) groups is 1. The van der Waals surface area contributed by atoms with Crippen LogP contribution in [-0.4, -0.2) is 21.1 Å². The Labute approximate surface area is 159 Å². The Balaban J connectivity index is 1.31. The third-order valence-electron chi connectivity index (χ3n) is 4.08. The van der Waals surface area contributed by atoms with Crippen LogP contribution in [0.15, 0.2) is 39.2 Å². The fraction of sp³-hybridized carbons (Fsp3) is 0.263. The van der Waals surface area contributed by atoms with Crippen LogP contribution in [0.1, 0.15) is 28.8 Å². The van der Waals surface area contributed by atoms with Crippen molar-refractivity contribution in [2.24, 2.45) is 0 Å². The summed E-state index contributed by atoms with van der Waals surface area (Å²) in [6.07, 6.45) is 0.657. The molecular weight excluding hydrogens is 364 g/mol. The van der Waals surface area contributed by atoms with Crippen molar-refractivity contribution in [1.29, 1.82) is 0 Å². The summed E-state index contributed by atoms with van der Waals surface area (Å²) < 4.78 is 12.2. The van der Waals surface area contributed by atoms with Crippen LogP contribution < -0.4 is 5.32 Å². The number of aryl methyl sites for hydroxylation is 3. The maximum absolute atomic E-state index is 12.1. The van der Waals surface area contributed by atoms with E-state index in [0.29, 0.717) is 24.7 Å². The Kier molecular flexibility index (Phi) is 4.72. The number of amides is 1. The lowest BCUT2D eigenvalue weighted by Crippen LogP contribution is -2.22. The first kappa shape index (κ1) is 17.4. The fourth-order valence-corrected chi connectivity index (χ4v) is 3.69. The lowest BCUT2D eigenvalue weighted by molar-refractivity contribution is -0.121. The highest BCUT2D eigenvalue weighted by atomic mass is 32.1. The van der Waals surface area contributed by atoms with E-state index in [9.17, 15) is 4.79 Å². The van der Waals surface area contributed by atoms with E-state index in [1.807, 2.05) is 44.2 Å². The Hall–Kier alpha value is -3.00. The lowest BCUT2D eigenvalue weighted by atomic mass is 10.2. The lowest BCUT2D eigenvalue weighted by Gasteiger charge is -2.01. The van der Waals surface area contributed by atoms with Crippen molar-refractivity contribution in [3.8, 4) is 11.5 Å². The average molecular weight is 382 g/mol. The molecule has 0 spiro atoms. The zero-order valence-corrected chi connectivity index (χ0v) is 15.8. The number of rotatable bonds is 6. The quantitative estimate of drug-likeness (QED) is 0.545. The van der Waals surface area contributed by atoms with Gasteiger partial charge in [-0.05, 0) is 32.0 Å². The molecule has 1 amide bonds. The van der Waals surface area contributed by atoms with E-state index in [2.05, 4.69) is 20.5 Å².